The first kappa shape index (κ1) is 45.9. The number of carbonyl (C=O) groups excluding carboxylic acids is 2. The van der Waals surface area contributed by atoms with E-state index in [1.807, 2.05) is 6.08 Å². The Bertz CT molecular complexity index is 811. The minimum atomic E-state index is -1.21. The number of aliphatic imine (C=N–C) groups is 1. The number of unbranched alkanes of at least 4 members (excludes halogenated alkanes) is 2. The SMILES string of the molecule is CC/C=C/CCCC(=O)NCN(CCCO)C(C)C(=O)O.CC/C=C/CCCC([O-])=NCN(CCCO)C(C)C(=O)[O-].[Ca+2]. The van der Waals surface area contributed by atoms with Gasteiger partial charge in [0.2, 0.25) is 5.91 Å². The number of carbonyl (C=O) groups is 3. The molecule has 13 heteroatoms. The summed E-state index contributed by atoms with van der Waals surface area (Å²) < 4.78 is 0. The summed E-state index contributed by atoms with van der Waals surface area (Å²) in [5, 5.41) is 51.9. The van der Waals surface area contributed by atoms with Crippen LogP contribution in [0.3, 0.4) is 0 Å². The number of aliphatic hydroxyl groups is 2. The molecule has 0 aliphatic rings. The van der Waals surface area contributed by atoms with E-state index in [4.69, 9.17) is 15.3 Å². The molecule has 2 unspecified atom stereocenters. The van der Waals surface area contributed by atoms with Crippen molar-refractivity contribution in [2.24, 2.45) is 4.99 Å². The molecule has 0 aliphatic heterocycles. The fourth-order valence-corrected chi connectivity index (χ4v) is 3.50. The molecule has 43 heavy (non-hydrogen) atoms. The first-order valence-corrected chi connectivity index (χ1v) is 15.0. The van der Waals surface area contributed by atoms with Crippen molar-refractivity contribution in [3.8, 4) is 0 Å². The second-order valence-electron chi connectivity index (χ2n) is 9.78. The third-order valence-electron chi connectivity index (χ3n) is 6.25. The normalized spacial score (nSPS) is 13.1. The molecule has 0 aromatic rings. The van der Waals surface area contributed by atoms with E-state index in [1.165, 1.54) is 11.8 Å². The quantitative estimate of drug-likeness (QED) is 0.0292. The van der Waals surface area contributed by atoms with Crippen molar-refractivity contribution < 1.29 is 39.9 Å². The number of rotatable bonds is 24. The van der Waals surface area contributed by atoms with E-state index in [-0.39, 0.29) is 76.1 Å². The van der Waals surface area contributed by atoms with Crippen LogP contribution in [0.1, 0.15) is 91.9 Å². The van der Waals surface area contributed by atoms with Gasteiger partial charge in [-0.25, -0.2) is 0 Å². The standard InChI is InChI=1S/2C15H28N2O4.Ca/c2*1-3-4-5-6-7-9-14(19)16-12-17(10-8-11-18)13(2)15(20)21;/h2*4-5,13,18H,3,6-12H2,1-2H3,(H,16,19)(H,20,21);/q;;+2/p-2/b2*5-4+;. The Hall–Kier alpha value is -1.54. The number of amides is 1. The summed E-state index contributed by atoms with van der Waals surface area (Å²) in [6, 6.07) is -1.52. The zero-order valence-electron chi connectivity index (χ0n) is 26.7. The molecule has 0 rings (SSSR count). The van der Waals surface area contributed by atoms with Crippen molar-refractivity contribution in [2.45, 2.75) is 104 Å². The molecule has 0 bridgehead atoms. The summed E-state index contributed by atoms with van der Waals surface area (Å²) in [6.07, 6.45) is 15.2. The Balaban J connectivity index is -0.000000727. The van der Waals surface area contributed by atoms with Crippen LogP contribution in [-0.4, -0.2) is 138 Å². The first-order chi connectivity index (χ1) is 20.0. The van der Waals surface area contributed by atoms with Crippen LogP contribution in [0.25, 0.3) is 0 Å². The van der Waals surface area contributed by atoms with Crippen molar-refractivity contribution in [3.05, 3.63) is 24.3 Å². The molecule has 0 fully saturated rings. The Morgan fingerprint density at radius 1 is 0.814 bits per heavy atom. The van der Waals surface area contributed by atoms with E-state index in [1.54, 1.807) is 11.8 Å². The maximum atomic E-state index is 11.7. The molecule has 4 N–H and O–H groups in total. The van der Waals surface area contributed by atoms with Gasteiger partial charge < -0.3 is 35.6 Å². The summed E-state index contributed by atoms with van der Waals surface area (Å²) in [4.78, 5) is 40.6. The van der Waals surface area contributed by atoms with E-state index >= 15 is 0 Å². The molecule has 0 heterocycles. The van der Waals surface area contributed by atoms with Crippen LogP contribution in [0.15, 0.2) is 29.3 Å². The summed E-state index contributed by atoms with van der Waals surface area (Å²) in [7, 11) is 0. The molecule has 0 spiro atoms. The largest absolute Gasteiger partial charge is 2.00 e. The predicted octanol–water partition coefficient (Wildman–Crippen LogP) is 0.635. The zero-order valence-corrected chi connectivity index (χ0v) is 28.9. The minimum absolute atomic E-state index is 0. The van der Waals surface area contributed by atoms with E-state index in [0.29, 0.717) is 38.8 Å². The van der Waals surface area contributed by atoms with Gasteiger partial charge in [0.1, 0.15) is 6.04 Å². The second kappa shape index (κ2) is 31.9. The van der Waals surface area contributed by atoms with E-state index in [0.717, 1.165) is 38.5 Å². The Kier molecular flexibility index (Phi) is 34.0. The van der Waals surface area contributed by atoms with Gasteiger partial charge in [0, 0.05) is 38.8 Å². The van der Waals surface area contributed by atoms with Gasteiger partial charge in [0.15, 0.2) is 0 Å². The van der Waals surface area contributed by atoms with Crippen LogP contribution < -0.4 is 15.5 Å². The third kappa shape index (κ3) is 27.7. The molecule has 0 aromatic carbocycles. The predicted molar refractivity (Wildman–Crippen MR) is 166 cm³/mol. The van der Waals surface area contributed by atoms with E-state index in [9.17, 15) is 24.6 Å². The number of aliphatic carboxylic acids is 2. The van der Waals surface area contributed by atoms with Gasteiger partial charge in [0.25, 0.3) is 0 Å². The Labute approximate surface area is 287 Å². The molecule has 2 atom stereocenters. The molecule has 12 nitrogen and oxygen atoms in total. The molecule has 0 saturated carbocycles. The molecular weight excluding hydrogens is 584 g/mol. The number of hydrogen-bond acceptors (Lipinski definition) is 10. The zero-order chi connectivity index (χ0) is 32.2. The van der Waals surface area contributed by atoms with E-state index < -0.39 is 24.0 Å². The van der Waals surface area contributed by atoms with Gasteiger partial charge >= 0.3 is 43.7 Å². The van der Waals surface area contributed by atoms with Crippen molar-refractivity contribution >= 4 is 61.5 Å². The number of nitrogens with one attached hydrogen (secondary N) is 1. The third-order valence-corrected chi connectivity index (χ3v) is 6.25. The average Bonchev–Trinajstić information content (AvgIpc) is 2.96. The summed E-state index contributed by atoms with van der Waals surface area (Å²) >= 11 is 0. The average molecular weight is 639 g/mol. The number of allylic oxidation sites excluding steroid dienone is 4. The summed E-state index contributed by atoms with van der Waals surface area (Å²) in [5.74, 6) is -2.45. The number of nitrogens with zero attached hydrogens (tertiary/aromatic N) is 3. The van der Waals surface area contributed by atoms with Gasteiger partial charge in [-0.2, -0.15) is 0 Å². The summed E-state index contributed by atoms with van der Waals surface area (Å²) in [5.41, 5.74) is 0. The number of carboxylic acids is 2. The topological polar surface area (TPSA) is 189 Å². The molecular formula is C30H54CaN4O8. The molecule has 1 amide bonds. The van der Waals surface area contributed by atoms with Crippen molar-refractivity contribution in [1.82, 2.24) is 15.1 Å². The van der Waals surface area contributed by atoms with Crippen molar-refractivity contribution in [1.29, 1.82) is 0 Å². The molecule has 0 saturated heterocycles. The van der Waals surface area contributed by atoms with Crippen molar-refractivity contribution in [3.63, 3.8) is 0 Å². The van der Waals surface area contributed by atoms with Gasteiger partial charge in [-0.3, -0.25) is 24.4 Å². The van der Waals surface area contributed by atoms with Crippen LogP contribution in [-0.2, 0) is 14.4 Å². The van der Waals surface area contributed by atoms with Gasteiger partial charge in [0.05, 0.1) is 19.3 Å². The summed E-state index contributed by atoms with van der Waals surface area (Å²) in [6.45, 7) is 8.16. The fourth-order valence-electron chi connectivity index (χ4n) is 3.50. The number of hydrogen-bond donors (Lipinski definition) is 4. The maximum Gasteiger partial charge on any atom is 2.00 e. The van der Waals surface area contributed by atoms with Crippen molar-refractivity contribution in [2.75, 3.05) is 39.6 Å². The minimum Gasteiger partial charge on any atom is -0.862 e. The Morgan fingerprint density at radius 2 is 1.33 bits per heavy atom. The monoisotopic (exact) mass is 638 g/mol. The van der Waals surface area contributed by atoms with Crippen LogP contribution in [0, 0.1) is 0 Å². The maximum absolute atomic E-state index is 11.7. The smallest absolute Gasteiger partial charge is 0.862 e. The van der Waals surface area contributed by atoms with E-state index in [2.05, 4.69) is 42.4 Å². The van der Waals surface area contributed by atoms with Crippen LogP contribution in [0.4, 0.5) is 0 Å². The molecule has 0 radical (unpaired) electrons. The number of carboxylic acid groups (broad SMARTS) is 2. The van der Waals surface area contributed by atoms with Gasteiger partial charge in [-0.1, -0.05) is 38.2 Å². The van der Waals surface area contributed by atoms with Gasteiger partial charge in [-0.05, 0) is 77.5 Å². The fraction of sp³-hybridized carbons (Fsp3) is 0.733. The second-order valence-corrected chi connectivity index (χ2v) is 9.78. The molecule has 244 valence electrons. The molecule has 0 aliphatic carbocycles. The van der Waals surface area contributed by atoms with Gasteiger partial charge in [-0.15, -0.1) is 0 Å². The van der Waals surface area contributed by atoms with Crippen LogP contribution in [0.2, 0.25) is 0 Å². The van der Waals surface area contributed by atoms with Crippen LogP contribution >= 0.6 is 0 Å². The van der Waals surface area contributed by atoms with Crippen LogP contribution in [0.5, 0.6) is 0 Å². The first-order valence-electron chi connectivity index (χ1n) is 15.0. The number of aliphatic hydroxyl groups excluding tert-OH is 2. The molecule has 0 aromatic heterocycles. The Morgan fingerprint density at radius 3 is 1.79 bits per heavy atom.